The molecule has 2 saturated carbocycles. The molecule has 0 aliphatic heterocycles. The molecule has 6 heteroatoms. The summed E-state index contributed by atoms with van der Waals surface area (Å²) in [6.45, 7) is 0. The van der Waals surface area contributed by atoms with Crippen molar-refractivity contribution in [3.63, 3.8) is 0 Å². The van der Waals surface area contributed by atoms with Crippen molar-refractivity contribution in [2.24, 2.45) is 35.5 Å². The van der Waals surface area contributed by atoms with Gasteiger partial charge in [-0.05, 0) is 66.5 Å². The molecular formula is C23H20ClNO4. The van der Waals surface area contributed by atoms with Gasteiger partial charge in [-0.25, -0.2) is 0 Å². The zero-order chi connectivity index (χ0) is 20.1. The SMILES string of the molecule is O=C(Nc1ccc(Oc2ccccc2Cl)cc1)[C@@H]1[C@@H]2C=C[C@H]([C@H]3C[C@H]23)[C@@H]1C(=O)O. The van der Waals surface area contributed by atoms with Gasteiger partial charge in [0, 0.05) is 5.69 Å². The first-order chi connectivity index (χ1) is 14.0. The maximum Gasteiger partial charge on any atom is 0.307 e. The van der Waals surface area contributed by atoms with E-state index in [1.165, 1.54) is 0 Å². The van der Waals surface area contributed by atoms with E-state index in [-0.39, 0.29) is 17.7 Å². The Hall–Kier alpha value is -2.79. The number of hydrogen-bond donors (Lipinski definition) is 2. The van der Waals surface area contributed by atoms with Crippen molar-refractivity contribution in [3.05, 3.63) is 65.7 Å². The highest BCUT2D eigenvalue weighted by molar-refractivity contribution is 6.32. The van der Waals surface area contributed by atoms with Gasteiger partial charge < -0.3 is 15.2 Å². The van der Waals surface area contributed by atoms with Crippen molar-refractivity contribution >= 4 is 29.2 Å². The number of allylic oxidation sites excluding steroid dienone is 2. The van der Waals surface area contributed by atoms with Crippen molar-refractivity contribution in [1.82, 2.24) is 0 Å². The second kappa shape index (κ2) is 6.92. The molecule has 6 atom stereocenters. The predicted octanol–water partition coefficient (Wildman–Crippen LogP) is 4.84. The molecule has 29 heavy (non-hydrogen) atoms. The van der Waals surface area contributed by atoms with Crippen LogP contribution in [0.25, 0.3) is 0 Å². The molecular weight excluding hydrogens is 390 g/mol. The number of carboxylic acid groups (broad SMARTS) is 1. The summed E-state index contributed by atoms with van der Waals surface area (Å²) in [5, 5.41) is 13.2. The van der Waals surface area contributed by atoms with Crippen LogP contribution in [0, 0.1) is 35.5 Å². The van der Waals surface area contributed by atoms with Gasteiger partial charge in [0.15, 0.2) is 0 Å². The third-order valence-electron chi connectivity index (χ3n) is 6.43. The predicted molar refractivity (Wildman–Crippen MR) is 109 cm³/mol. The number of anilines is 1. The van der Waals surface area contributed by atoms with Crippen molar-refractivity contribution in [1.29, 1.82) is 0 Å². The second-order valence-corrected chi connectivity index (χ2v) is 8.45. The Kier molecular flexibility index (Phi) is 4.36. The molecule has 2 N–H and O–H groups in total. The fourth-order valence-corrected chi connectivity index (χ4v) is 5.23. The fourth-order valence-electron chi connectivity index (χ4n) is 5.06. The second-order valence-electron chi connectivity index (χ2n) is 8.04. The number of ether oxygens (including phenoxy) is 1. The average Bonchev–Trinajstić information content (AvgIpc) is 3.53. The number of carbonyl (C=O) groups excluding carboxylic acids is 1. The Balaban J connectivity index is 1.30. The number of hydrogen-bond acceptors (Lipinski definition) is 3. The van der Waals surface area contributed by atoms with Crippen molar-refractivity contribution in [2.45, 2.75) is 6.42 Å². The molecule has 5 nitrogen and oxygen atoms in total. The Labute approximate surface area is 173 Å². The van der Waals surface area contributed by atoms with E-state index >= 15 is 0 Å². The van der Waals surface area contributed by atoms with E-state index in [1.807, 2.05) is 18.2 Å². The maximum atomic E-state index is 13.0. The Morgan fingerprint density at radius 1 is 0.966 bits per heavy atom. The Morgan fingerprint density at radius 3 is 2.28 bits per heavy atom. The van der Waals surface area contributed by atoms with Crippen molar-refractivity contribution in [3.8, 4) is 11.5 Å². The first-order valence-corrected chi connectivity index (χ1v) is 10.1. The van der Waals surface area contributed by atoms with Crippen LogP contribution in [-0.2, 0) is 9.59 Å². The van der Waals surface area contributed by atoms with Gasteiger partial charge in [0.1, 0.15) is 11.5 Å². The molecule has 4 aliphatic rings. The molecule has 2 aromatic rings. The van der Waals surface area contributed by atoms with Crippen LogP contribution in [0.3, 0.4) is 0 Å². The minimum Gasteiger partial charge on any atom is -0.481 e. The lowest BCUT2D eigenvalue weighted by Gasteiger charge is -2.41. The molecule has 1 amide bonds. The standard InChI is InChI=1S/C23H20ClNO4/c24-18-3-1-2-4-19(18)29-13-7-5-12(6-8-13)25-22(26)20-14-9-10-15(17-11-16(14)17)21(20)23(27)28/h1-10,14-17,20-21H,11H2,(H,25,26)(H,27,28)/t14-,15-,16-,17-,20-,21+/m1/s1. The Morgan fingerprint density at radius 2 is 1.62 bits per heavy atom. The molecule has 0 unspecified atom stereocenters. The summed E-state index contributed by atoms with van der Waals surface area (Å²) in [5.74, 6) is -0.209. The summed E-state index contributed by atoms with van der Waals surface area (Å²) in [4.78, 5) is 24.9. The normalized spacial score (nSPS) is 31.1. The van der Waals surface area contributed by atoms with Gasteiger partial charge in [-0.15, -0.1) is 0 Å². The van der Waals surface area contributed by atoms with E-state index in [4.69, 9.17) is 16.3 Å². The van der Waals surface area contributed by atoms with Crippen LogP contribution in [0.4, 0.5) is 5.69 Å². The highest BCUT2D eigenvalue weighted by Crippen LogP contribution is 2.63. The van der Waals surface area contributed by atoms with Gasteiger partial charge in [0.2, 0.25) is 5.91 Å². The quantitative estimate of drug-likeness (QED) is 0.693. The van der Waals surface area contributed by atoms with E-state index in [0.29, 0.717) is 34.0 Å². The molecule has 2 bridgehead atoms. The van der Waals surface area contributed by atoms with E-state index in [1.54, 1.807) is 36.4 Å². The topological polar surface area (TPSA) is 75.6 Å². The highest BCUT2D eigenvalue weighted by atomic mass is 35.5. The van der Waals surface area contributed by atoms with Crippen LogP contribution in [0.2, 0.25) is 5.02 Å². The lowest BCUT2D eigenvalue weighted by molar-refractivity contribution is -0.152. The number of carboxylic acids is 1. The molecule has 6 rings (SSSR count). The fraction of sp³-hybridized carbons (Fsp3) is 0.304. The van der Waals surface area contributed by atoms with Crippen LogP contribution in [0.1, 0.15) is 6.42 Å². The summed E-state index contributed by atoms with van der Waals surface area (Å²) in [6.07, 6.45) is 5.11. The van der Waals surface area contributed by atoms with Crippen LogP contribution in [0.15, 0.2) is 60.7 Å². The lowest BCUT2D eigenvalue weighted by Crippen LogP contribution is -2.48. The van der Waals surface area contributed by atoms with E-state index in [9.17, 15) is 14.7 Å². The molecule has 0 spiro atoms. The number of carbonyl (C=O) groups is 2. The number of fused-ring (bicyclic) bond motifs is 1. The number of nitrogens with one attached hydrogen (secondary N) is 1. The van der Waals surface area contributed by atoms with E-state index < -0.39 is 17.8 Å². The van der Waals surface area contributed by atoms with E-state index in [2.05, 4.69) is 11.4 Å². The van der Waals surface area contributed by atoms with Crippen LogP contribution >= 0.6 is 11.6 Å². The minimum absolute atomic E-state index is 0.0222. The highest BCUT2D eigenvalue weighted by Gasteiger charge is 2.62. The van der Waals surface area contributed by atoms with Gasteiger partial charge in [0.25, 0.3) is 0 Å². The zero-order valence-corrected chi connectivity index (χ0v) is 16.3. The monoisotopic (exact) mass is 409 g/mol. The summed E-state index contributed by atoms with van der Waals surface area (Å²) < 4.78 is 5.76. The largest absolute Gasteiger partial charge is 0.481 e. The molecule has 0 aromatic heterocycles. The third-order valence-corrected chi connectivity index (χ3v) is 6.74. The van der Waals surface area contributed by atoms with Gasteiger partial charge in [0.05, 0.1) is 16.9 Å². The van der Waals surface area contributed by atoms with Gasteiger partial charge >= 0.3 is 5.97 Å². The molecule has 2 aromatic carbocycles. The maximum absolute atomic E-state index is 13.0. The number of para-hydroxylation sites is 1. The number of amides is 1. The van der Waals surface area contributed by atoms with Crippen molar-refractivity contribution < 1.29 is 19.4 Å². The van der Waals surface area contributed by atoms with E-state index in [0.717, 1.165) is 6.42 Å². The summed E-state index contributed by atoms with van der Waals surface area (Å²) in [5.41, 5.74) is 0.614. The van der Waals surface area contributed by atoms with Gasteiger partial charge in [-0.1, -0.05) is 35.9 Å². The van der Waals surface area contributed by atoms with Crippen LogP contribution in [0.5, 0.6) is 11.5 Å². The van der Waals surface area contributed by atoms with Crippen LogP contribution < -0.4 is 10.1 Å². The number of rotatable bonds is 5. The zero-order valence-electron chi connectivity index (χ0n) is 15.5. The number of aliphatic carboxylic acids is 1. The molecule has 4 aliphatic carbocycles. The lowest BCUT2D eigenvalue weighted by atomic mass is 9.62. The summed E-state index contributed by atoms with van der Waals surface area (Å²) in [6, 6.07) is 14.2. The molecule has 2 fully saturated rings. The van der Waals surface area contributed by atoms with Crippen molar-refractivity contribution in [2.75, 3.05) is 5.32 Å². The molecule has 0 heterocycles. The first-order valence-electron chi connectivity index (χ1n) is 9.77. The smallest absolute Gasteiger partial charge is 0.307 e. The molecule has 0 radical (unpaired) electrons. The third kappa shape index (κ3) is 3.19. The Bertz CT molecular complexity index is 1000. The summed E-state index contributed by atoms with van der Waals surface area (Å²) >= 11 is 6.11. The van der Waals surface area contributed by atoms with Gasteiger partial charge in [-0.2, -0.15) is 0 Å². The minimum atomic E-state index is -0.877. The van der Waals surface area contributed by atoms with Crippen LogP contribution in [-0.4, -0.2) is 17.0 Å². The number of benzene rings is 2. The summed E-state index contributed by atoms with van der Waals surface area (Å²) in [7, 11) is 0. The average molecular weight is 410 g/mol. The van der Waals surface area contributed by atoms with Gasteiger partial charge in [-0.3, -0.25) is 9.59 Å². The molecule has 148 valence electrons. The first kappa shape index (κ1) is 18.3. The molecule has 0 saturated heterocycles. The number of halogens is 1.